The second-order valence-corrected chi connectivity index (χ2v) is 6.74. The topological polar surface area (TPSA) is 101 Å². The van der Waals surface area contributed by atoms with Crippen LogP contribution in [0.25, 0.3) is 11.0 Å². The number of aryl methyl sites for hydroxylation is 1. The molecule has 3 aromatic rings. The highest BCUT2D eigenvalue weighted by Gasteiger charge is 2.16. The van der Waals surface area contributed by atoms with E-state index in [9.17, 15) is 14.4 Å². The van der Waals surface area contributed by atoms with Gasteiger partial charge in [0.2, 0.25) is 11.7 Å². The van der Waals surface area contributed by atoms with Gasteiger partial charge in [0.05, 0.1) is 32.4 Å². The largest absolute Gasteiger partial charge is 0.493 e. The number of hydrogen-bond donors (Lipinski definition) is 1. The fourth-order valence-electron chi connectivity index (χ4n) is 3.48. The van der Waals surface area contributed by atoms with Gasteiger partial charge in [-0.2, -0.15) is 0 Å². The van der Waals surface area contributed by atoms with E-state index in [0.717, 1.165) is 5.56 Å². The van der Waals surface area contributed by atoms with Gasteiger partial charge in [0.1, 0.15) is 6.54 Å². The first-order valence-electron chi connectivity index (χ1n) is 9.73. The number of fused-ring (bicyclic) bond motifs is 1. The Bertz CT molecular complexity index is 1200. The van der Waals surface area contributed by atoms with Crippen LogP contribution in [-0.2, 0) is 24.4 Å². The van der Waals surface area contributed by atoms with Crippen molar-refractivity contribution in [3.8, 4) is 17.2 Å². The third-order valence-corrected chi connectivity index (χ3v) is 4.97. The Kier molecular flexibility index (Phi) is 6.64. The summed E-state index contributed by atoms with van der Waals surface area (Å²) >= 11 is 0. The van der Waals surface area contributed by atoms with Gasteiger partial charge in [-0.1, -0.05) is 12.1 Å². The molecular formula is C22H25N3O6. The minimum absolute atomic E-state index is 0.175. The number of rotatable bonds is 8. The van der Waals surface area contributed by atoms with Gasteiger partial charge in [-0.05, 0) is 36.8 Å². The van der Waals surface area contributed by atoms with E-state index in [1.807, 2.05) is 0 Å². The summed E-state index contributed by atoms with van der Waals surface area (Å²) in [5.74, 6) is 0.984. The molecule has 0 fully saturated rings. The number of hydrogen-bond acceptors (Lipinski definition) is 6. The molecule has 0 radical (unpaired) electrons. The van der Waals surface area contributed by atoms with E-state index >= 15 is 0 Å². The Hall–Kier alpha value is -3.75. The van der Waals surface area contributed by atoms with E-state index < -0.39 is 17.0 Å². The summed E-state index contributed by atoms with van der Waals surface area (Å²) in [5.41, 5.74) is 0.465. The van der Waals surface area contributed by atoms with Crippen molar-refractivity contribution in [3.05, 3.63) is 62.7 Å². The van der Waals surface area contributed by atoms with Crippen LogP contribution in [0.5, 0.6) is 17.2 Å². The van der Waals surface area contributed by atoms with Crippen molar-refractivity contribution >= 4 is 16.9 Å². The third-order valence-electron chi connectivity index (χ3n) is 4.97. The number of methoxy groups -OCH3 is 3. The first-order valence-corrected chi connectivity index (χ1v) is 9.73. The maximum Gasteiger partial charge on any atom is 0.317 e. The minimum Gasteiger partial charge on any atom is -0.493 e. The lowest BCUT2D eigenvalue weighted by molar-refractivity contribution is -0.121. The molecule has 9 nitrogen and oxygen atoms in total. The van der Waals surface area contributed by atoms with Gasteiger partial charge in [0.25, 0.3) is 0 Å². The molecule has 0 saturated carbocycles. The Labute approximate surface area is 178 Å². The highest BCUT2D eigenvalue weighted by molar-refractivity contribution is 5.80. The van der Waals surface area contributed by atoms with Crippen LogP contribution in [0.2, 0.25) is 0 Å². The second-order valence-electron chi connectivity index (χ2n) is 6.74. The Morgan fingerprint density at radius 1 is 0.903 bits per heavy atom. The minimum atomic E-state index is -0.733. The number of aromatic nitrogens is 2. The molecular weight excluding hydrogens is 402 g/mol. The lowest BCUT2D eigenvalue weighted by atomic mass is 10.1. The van der Waals surface area contributed by atoms with E-state index in [2.05, 4.69) is 5.32 Å². The summed E-state index contributed by atoms with van der Waals surface area (Å²) in [6.07, 6.45) is 0. The van der Waals surface area contributed by atoms with E-state index in [0.29, 0.717) is 34.8 Å². The van der Waals surface area contributed by atoms with Gasteiger partial charge < -0.3 is 24.1 Å². The van der Waals surface area contributed by atoms with E-state index in [4.69, 9.17) is 14.2 Å². The fourth-order valence-corrected chi connectivity index (χ4v) is 3.48. The molecule has 0 aliphatic rings. The van der Waals surface area contributed by atoms with Crippen LogP contribution >= 0.6 is 0 Å². The molecule has 1 N–H and O–H groups in total. The van der Waals surface area contributed by atoms with E-state index in [1.165, 1.54) is 30.5 Å². The first kappa shape index (κ1) is 21.9. The average molecular weight is 427 g/mol. The zero-order valence-electron chi connectivity index (χ0n) is 17.9. The predicted molar refractivity (Wildman–Crippen MR) is 116 cm³/mol. The molecule has 0 aliphatic carbocycles. The number of benzene rings is 2. The fraction of sp³-hybridized carbons (Fsp3) is 0.318. The molecule has 0 saturated heterocycles. The van der Waals surface area contributed by atoms with Crippen molar-refractivity contribution in [2.45, 2.75) is 26.6 Å². The molecule has 0 unspecified atom stereocenters. The van der Waals surface area contributed by atoms with Crippen LogP contribution in [0.1, 0.15) is 12.5 Å². The van der Waals surface area contributed by atoms with Gasteiger partial charge in [-0.3, -0.25) is 19.0 Å². The van der Waals surface area contributed by atoms with E-state index in [-0.39, 0.29) is 13.1 Å². The number of amides is 1. The maximum atomic E-state index is 12.6. The second kappa shape index (κ2) is 9.38. The zero-order valence-corrected chi connectivity index (χ0v) is 17.9. The number of nitrogens with zero attached hydrogens (tertiary/aromatic N) is 2. The Morgan fingerprint density at radius 3 is 1.97 bits per heavy atom. The lowest BCUT2D eigenvalue weighted by Gasteiger charge is -2.15. The van der Waals surface area contributed by atoms with Crippen LogP contribution in [0.4, 0.5) is 0 Å². The normalized spacial score (nSPS) is 10.7. The molecule has 1 heterocycles. The van der Waals surface area contributed by atoms with Crippen LogP contribution in [0.15, 0.2) is 46.0 Å². The summed E-state index contributed by atoms with van der Waals surface area (Å²) in [6.45, 7) is 2.06. The molecule has 2 aromatic carbocycles. The number of nitrogens with one attached hydrogen (secondary N) is 1. The Balaban J connectivity index is 1.86. The van der Waals surface area contributed by atoms with Crippen molar-refractivity contribution in [3.63, 3.8) is 0 Å². The summed E-state index contributed by atoms with van der Waals surface area (Å²) in [7, 11) is 4.53. The van der Waals surface area contributed by atoms with Crippen LogP contribution in [-0.4, -0.2) is 36.4 Å². The molecule has 1 amide bonds. The van der Waals surface area contributed by atoms with Crippen molar-refractivity contribution in [2.24, 2.45) is 0 Å². The smallest absolute Gasteiger partial charge is 0.317 e. The van der Waals surface area contributed by atoms with Gasteiger partial charge in [-0.25, -0.2) is 0 Å². The van der Waals surface area contributed by atoms with Crippen LogP contribution in [0.3, 0.4) is 0 Å². The third kappa shape index (κ3) is 4.25. The number of para-hydroxylation sites is 2. The molecule has 0 spiro atoms. The van der Waals surface area contributed by atoms with Gasteiger partial charge in [0.15, 0.2) is 11.5 Å². The average Bonchev–Trinajstić information content (AvgIpc) is 2.80. The number of ether oxygens (including phenoxy) is 3. The molecule has 164 valence electrons. The first-order chi connectivity index (χ1) is 14.9. The molecule has 31 heavy (non-hydrogen) atoms. The van der Waals surface area contributed by atoms with Gasteiger partial charge >= 0.3 is 11.1 Å². The summed E-state index contributed by atoms with van der Waals surface area (Å²) in [4.78, 5) is 37.7. The van der Waals surface area contributed by atoms with Gasteiger partial charge in [-0.15, -0.1) is 0 Å². The molecule has 3 rings (SSSR count). The van der Waals surface area contributed by atoms with Crippen molar-refractivity contribution in [1.82, 2.24) is 14.5 Å². The Morgan fingerprint density at radius 2 is 1.45 bits per heavy atom. The number of carbonyl (C=O) groups is 1. The predicted octanol–water partition coefficient (Wildman–Crippen LogP) is 1.53. The van der Waals surface area contributed by atoms with Crippen molar-refractivity contribution in [2.75, 3.05) is 21.3 Å². The van der Waals surface area contributed by atoms with E-state index in [1.54, 1.807) is 43.3 Å². The van der Waals surface area contributed by atoms with Crippen LogP contribution < -0.4 is 30.6 Å². The van der Waals surface area contributed by atoms with Gasteiger partial charge in [0, 0.05) is 13.1 Å². The quantitative estimate of drug-likeness (QED) is 0.547. The van der Waals surface area contributed by atoms with Crippen molar-refractivity contribution in [1.29, 1.82) is 0 Å². The SMILES string of the molecule is CCn1c(=O)c(=O)n(CC(=O)NCc2cc(OC)c(OC)c(OC)c2)c2ccccc21. The molecule has 0 aliphatic heterocycles. The summed E-state index contributed by atoms with van der Waals surface area (Å²) in [5, 5.41) is 2.77. The molecule has 9 heteroatoms. The maximum absolute atomic E-state index is 12.6. The highest BCUT2D eigenvalue weighted by atomic mass is 16.5. The summed E-state index contributed by atoms with van der Waals surface area (Å²) in [6, 6.07) is 10.5. The van der Waals surface area contributed by atoms with Crippen molar-refractivity contribution < 1.29 is 19.0 Å². The van der Waals surface area contributed by atoms with Crippen LogP contribution in [0, 0.1) is 0 Å². The zero-order chi connectivity index (χ0) is 22.5. The highest BCUT2D eigenvalue weighted by Crippen LogP contribution is 2.38. The lowest BCUT2D eigenvalue weighted by Crippen LogP contribution is -2.43. The summed E-state index contributed by atoms with van der Waals surface area (Å²) < 4.78 is 18.5. The molecule has 0 bridgehead atoms. The standard InChI is InChI=1S/C22H25N3O6/c1-5-24-15-8-6-7-9-16(15)25(22(28)21(24)27)13-19(26)23-12-14-10-17(29-2)20(31-4)18(11-14)30-3/h6-11H,5,12-13H2,1-4H3,(H,23,26). The molecule has 1 aromatic heterocycles. The number of carbonyl (C=O) groups excluding carboxylic acids is 1. The molecule has 0 atom stereocenters. The monoisotopic (exact) mass is 427 g/mol.